The van der Waals surface area contributed by atoms with Gasteiger partial charge < -0.3 is 5.32 Å². The Hall–Kier alpha value is -3.76. The van der Waals surface area contributed by atoms with Gasteiger partial charge in [0.05, 0.1) is 5.69 Å². The minimum absolute atomic E-state index is 0.00842. The number of rotatable bonds is 6. The van der Waals surface area contributed by atoms with E-state index in [2.05, 4.69) is 20.5 Å². The van der Waals surface area contributed by atoms with Crippen molar-refractivity contribution in [1.29, 1.82) is 0 Å². The molecule has 31 heavy (non-hydrogen) atoms. The molecular weight excluding hydrogens is 416 g/mol. The first kappa shape index (κ1) is 20.5. The van der Waals surface area contributed by atoms with Crippen LogP contribution in [0.3, 0.4) is 0 Å². The summed E-state index contributed by atoms with van der Waals surface area (Å²) >= 11 is 0. The first-order valence-corrected chi connectivity index (χ1v) is 9.31. The summed E-state index contributed by atoms with van der Waals surface area (Å²) in [5, 5.41) is 10.5. The molecule has 7 nitrogen and oxygen atoms in total. The van der Waals surface area contributed by atoms with E-state index in [1.54, 1.807) is 23.1 Å². The molecule has 1 aromatic carbocycles. The van der Waals surface area contributed by atoms with E-state index < -0.39 is 23.6 Å². The normalized spacial score (nSPS) is 11.7. The maximum Gasteiger partial charge on any atom is 0.433 e. The fourth-order valence-electron chi connectivity index (χ4n) is 3.02. The van der Waals surface area contributed by atoms with Gasteiger partial charge in [0.2, 0.25) is 0 Å². The van der Waals surface area contributed by atoms with Crippen molar-refractivity contribution in [3.05, 3.63) is 72.1 Å². The summed E-state index contributed by atoms with van der Waals surface area (Å²) in [5.74, 6) is -1.13. The van der Waals surface area contributed by atoms with Crippen LogP contribution in [0.4, 0.5) is 17.6 Å². The van der Waals surface area contributed by atoms with Crippen molar-refractivity contribution >= 4 is 11.6 Å². The number of carbonyl (C=O) groups is 1. The number of aromatic nitrogens is 5. The third-order valence-corrected chi connectivity index (χ3v) is 4.50. The second-order valence-electron chi connectivity index (χ2n) is 6.71. The Balaban J connectivity index is 1.59. The largest absolute Gasteiger partial charge is 0.433 e. The number of fused-ring (bicyclic) bond motifs is 1. The Bertz CT molecular complexity index is 1200. The van der Waals surface area contributed by atoms with Crippen molar-refractivity contribution in [1.82, 2.24) is 29.7 Å². The van der Waals surface area contributed by atoms with Crippen molar-refractivity contribution in [2.24, 2.45) is 0 Å². The molecule has 1 N–H and O–H groups in total. The van der Waals surface area contributed by atoms with Gasteiger partial charge in [0.15, 0.2) is 17.0 Å². The molecule has 0 radical (unpaired) electrons. The molecule has 0 spiro atoms. The number of halogens is 4. The van der Waals surface area contributed by atoms with Crippen molar-refractivity contribution in [2.45, 2.75) is 19.1 Å². The van der Waals surface area contributed by atoms with Crippen LogP contribution >= 0.6 is 0 Å². The molecule has 0 aliphatic carbocycles. The van der Waals surface area contributed by atoms with E-state index in [1.165, 1.54) is 18.2 Å². The summed E-state index contributed by atoms with van der Waals surface area (Å²) < 4.78 is 56.3. The number of nitrogens with zero attached hydrogens (tertiary/aromatic N) is 5. The molecular formula is C20H16F4N6O. The smallest absolute Gasteiger partial charge is 0.351 e. The topological polar surface area (TPSA) is 77.1 Å². The molecule has 0 unspecified atom stereocenters. The van der Waals surface area contributed by atoms with Gasteiger partial charge in [-0.2, -0.15) is 23.4 Å². The molecule has 0 bridgehead atoms. The average Bonchev–Trinajstić information content (AvgIpc) is 3.39. The number of nitrogens with one attached hydrogen (secondary N) is 1. The number of alkyl halides is 3. The highest BCUT2D eigenvalue weighted by Gasteiger charge is 2.35. The van der Waals surface area contributed by atoms with Crippen LogP contribution in [0.5, 0.6) is 0 Å². The van der Waals surface area contributed by atoms with Gasteiger partial charge in [-0.1, -0.05) is 0 Å². The third kappa shape index (κ3) is 4.55. The van der Waals surface area contributed by atoms with Crippen molar-refractivity contribution in [2.75, 3.05) is 6.54 Å². The standard InChI is InChI=1S/C20H16F4N6O/c21-14-5-3-13(4-6-14)15-11-17(20(22,23)24)30-18(27-15)12-16(28-30)19(31)25-7-1-9-29-10-2-8-26-29/h2-6,8,10-12H,1,7,9H2,(H,25,31). The lowest BCUT2D eigenvalue weighted by Gasteiger charge is -2.11. The van der Waals surface area contributed by atoms with Crippen LogP contribution in [-0.2, 0) is 12.7 Å². The van der Waals surface area contributed by atoms with Gasteiger partial charge in [-0.3, -0.25) is 9.48 Å². The molecule has 0 atom stereocenters. The van der Waals surface area contributed by atoms with E-state index in [9.17, 15) is 22.4 Å². The zero-order chi connectivity index (χ0) is 22.0. The lowest BCUT2D eigenvalue weighted by Crippen LogP contribution is -2.26. The molecule has 0 aliphatic heterocycles. The molecule has 3 heterocycles. The summed E-state index contributed by atoms with van der Waals surface area (Å²) in [4.78, 5) is 16.5. The number of hydrogen-bond acceptors (Lipinski definition) is 4. The maximum atomic E-state index is 13.6. The fourth-order valence-corrected chi connectivity index (χ4v) is 3.02. The van der Waals surface area contributed by atoms with E-state index in [0.29, 0.717) is 29.6 Å². The molecule has 3 aromatic heterocycles. The molecule has 0 fully saturated rings. The van der Waals surface area contributed by atoms with Gasteiger partial charge in [-0.25, -0.2) is 13.9 Å². The summed E-state index contributed by atoms with van der Waals surface area (Å²) in [7, 11) is 0. The van der Waals surface area contributed by atoms with Crippen LogP contribution in [0.15, 0.2) is 54.9 Å². The number of benzene rings is 1. The monoisotopic (exact) mass is 432 g/mol. The van der Waals surface area contributed by atoms with Gasteiger partial charge in [0.25, 0.3) is 5.91 Å². The Labute approximate surface area is 173 Å². The molecule has 160 valence electrons. The number of hydrogen-bond donors (Lipinski definition) is 1. The summed E-state index contributed by atoms with van der Waals surface area (Å²) in [5.41, 5.74) is -1.12. The Morgan fingerprint density at radius 3 is 2.58 bits per heavy atom. The lowest BCUT2D eigenvalue weighted by atomic mass is 10.1. The molecule has 11 heteroatoms. The second-order valence-corrected chi connectivity index (χ2v) is 6.71. The zero-order valence-corrected chi connectivity index (χ0v) is 16.0. The molecule has 0 aliphatic rings. The fraction of sp³-hybridized carbons (Fsp3) is 0.200. The minimum Gasteiger partial charge on any atom is -0.351 e. The lowest BCUT2D eigenvalue weighted by molar-refractivity contribution is -0.142. The first-order valence-electron chi connectivity index (χ1n) is 9.31. The number of carbonyl (C=O) groups excluding carboxylic acids is 1. The van der Waals surface area contributed by atoms with Gasteiger partial charge in [-0.15, -0.1) is 0 Å². The van der Waals surface area contributed by atoms with Crippen molar-refractivity contribution in [3.63, 3.8) is 0 Å². The number of amides is 1. The van der Waals surface area contributed by atoms with Crippen LogP contribution in [0, 0.1) is 5.82 Å². The van der Waals surface area contributed by atoms with Crippen molar-refractivity contribution in [3.8, 4) is 11.3 Å². The Morgan fingerprint density at radius 1 is 1.13 bits per heavy atom. The highest BCUT2D eigenvalue weighted by molar-refractivity contribution is 5.93. The molecule has 0 saturated carbocycles. The van der Waals surface area contributed by atoms with Gasteiger partial charge in [0.1, 0.15) is 5.82 Å². The Morgan fingerprint density at radius 2 is 1.90 bits per heavy atom. The third-order valence-electron chi connectivity index (χ3n) is 4.50. The van der Waals surface area contributed by atoms with E-state index in [-0.39, 0.29) is 17.0 Å². The van der Waals surface area contributed by atoms with E-state index >= 15 is 0 Å². The van der Waals surface area contributed by atoms with E-state index in [0.717, 1.165) is 18.2 Å². The summed E-state index contributed by atoms with van der Waals surface area (Å²) in [6.07, 6.45) is -0.727. The highest BCUT2D eigenvalue weighted by atomic mass is 19.4. The average molecular weight is 432 g/mol. The maximum absolute atomic E-state index is 13.6. The second kappa shape index (κ2) is 8.17. The SMILES string of the molecule is O=C(NCCCn1cccn1)c1cc2nc(-c3ccc(F)cc3)cc(C(F)(F)F)n2n1. The van der Waals surface area contributed by atoms with E-state index in [1.807, 2.05) is 0 Å². The molecule has 1 amide bonds. The summed E-state index contributed by atoms with van der Waals surface area (Å²) in [6.45, 7) is 0.881. The van der Waals surface area contributed by atoms with Gasteiger partial charge in [0, 0.05) is 37.1 Å². The van der Waals surface area contributed by atoms with Crippen LogP contribution in [0.1, 0.15) is 22.6 Å². The van der Waals surface area contributed by atoms with Crippen LogP contribution in [0.2, 0.25) is 0 Å². The molecule has 0 saturated heterocycles. The first-order chi connectivity index (χ1) is 14.8. The molecule has 4 rings (SSSR count). The minimum atomic E-state index is -4.74. The predicted octanol–water partition coefficient (Wildman–Crippen LogP) is 3.57. The van der Waals surface area contributed by atoms with Gasteiger partial charge in [-0.05, 0) is 42.8 Å². The van der Waals surface area contributed by atoms with E-state index in [4.69, 9.17) is 0 Å². The Kier molecular flexibility index (Phi) is 5.40. The van der Waals surface area contributed by atoms with Crippen molar-refractivity contribution < 1.29 is 22.4 Å². The van der Waals surface area contributed by atoms with Crippen LogP contribution in [0.25, 0.3) is 16.9 Å². The highest BCUT2D eigenvalue weighted by Crippen LogP contribution is 2.32. The van der Waals surface area contributed by atoms with Crippen LogP contribution < -0.4 is 5.32 Å². The van der Waals surface area contributed by atoms with Crippen LogP contribution in [-0.4, -0.2) is 36.8 Å². The predicted molar refractivity (Wildman–Crippen MR) is 103 cm³/mol. The number of aryl methyl sites for hydroxylation is 1. The zero-order valence-electron chi connectivity index (χ0n) is 16.0. The summed E-state index contributed by atoms with van der Waals surface area (Å²) in [6, 6.07) is 8.71. The quantitative estimate of drug-likeness (QED) is 0.373. The molecule has 4 aromatic rings. The van der Waals surface area contributed by atoms with Gasteiger partial charge >= 0.3 is 6.18 Å².